The van der Waals surface area contributed by atoms with Crippen LogP contribution in [0, 0.1) is 0 Å². The smallest absolute Gasteiger partial charge is 0.244 e. The minimum absolute atomic E-state index is 0.205. The van der Waals surface area contributed by atoms with Gasteiger partial charge in [-0.05, 0) is 29.8 Å². The fourth-order valence-electron chi connectivity index (χ4n) is 3.06. The molecule has 0 spiro atoms. The number of aromatic nitrogens is 2. The summed E-state index contributed by atoms with van der Waals surface area (Å²) in [5.41, 5.74) is 3.05. The maximum absolute atomic E-state index is 12.2. The van der Waals surface area contributed by atoms with Crippen molar-refractivity contribution in [1.29, 1.82) is 0 Å². The predicted octanol–water partition coefficient (Wildman–Crippen LogP) is 3.91. The molecule has 28 heavy (non-hydrogen) atoms. The number of carbonyl (C=O) groups is 1. The van der Waals surface area contributed by atoms with Gasteiger partial charge in [-0.1, -0.05) is 12.1 Å². The number of hydrogen-bond acceptors (Lipinski definition) is 6. The Morgan fingerprint density at radius 3 is 1.93 bits per heavy atom. The Balaban J connectivity index is 2.25. The maximum atomic E-state index is 12.2. The molecular formula is C21H22N2O5. The third-order valence-electron chi connectivity index (χ3n) is 4.41. The minimum atomic E-state index is -0.205. The fraction of sp³-hybridized carbons (Fsp3) is 0.238. The van der Waals surface area contributed by atoms with E-state index in [-0.39, 0.29) is 5.91 Å². The molecule has 0 aliphatic carbocycles. The molecule has 1 heterocycles. The highest BCUT2D eigenvalue weighted by Crippen LogP contribution is 2.43. The minimum Gasteiger partial charge on any atom is -0.497 e. The van der Waals surface area contributed by atoms with Crippen molar-refractivity contribution in [2.24, 2.45) is 0 Å². The van der Waals surface area contributed by atoms with Crippen LogP contribution in [0.5, 0.6) is 23.0 Å². The molecule has 2 aromatic carbocycles. The summed E-state index contributed by atoms with van der Waals surface area (Å²) in [5.74, 6) is 2.01. The Morgan fingerprint density at radius 2 is 1.46 bits per heavy atom. The lowest BCUT2D eigenvalue weighted by atomic mass is 10.0. The van der Waals surface area contributed by atoms with Crippen molar-refractivity contribution in [2.75, 3.05) is 28.4 Å². The Bertz CT molecular complexity index is 968. The molecule has 0 aliphatic heterocycles. The quantitative estimate of drug-likeness (QED) is 0.644. The molecule has 1 aromatic heterocycles. The lowest BCUT2D eigenvalue weighted by Crippen LogP contribution is -2.09. The normalized spacial score (nSPS) is 10.5. The summed E-state index contributed by atoms with van der Waals surface area (Å²) < 4.78 is 22.9. The zero-order valence-corrected chi connectivity index (χ0v) is 16.5. The van der Waals surface area contributed by atoms with Gasteiger partial charge < -0.3 is 18.9 Å². The number of nitrogens with zero attached hydrogens (tertiary/aromatic N) is 2. The summed E-state index contributed by atoms with van der Waals surface area (Å²) in [5, 5.41) is 4.29. The van der Waals surface area contributed by atoms with Crippen LogP contribution in [0.15, 0.2) is 42.6 Å². The molecule has 0 saturated carbocycles. The summed E-state index contributed by atoms with van der Waals surface area (Å²) in [7, 11) is 6.26. The molecule has 0 N–H and O–H groups in total. The topological polar surface area (TPSA) is 71.8 Å². The highest BCUT2D eigenvalue weighted by Gasteiger charge is 2.21. The molecule has 7 heteroatoms. The largest absolute Gasteiger partial charge is 0.497 e. The summed E-state index contributed by atoms with van der Waals surface area (Å²) in [4.78, 5) is 12.2. The third kappa shape index (κ3) is 3.38. The van der Waals surface area contributed by atoms with Crippen LogP contribution in [0.4, 0.5) is 0 Å². The van der Waals surface area contributed by atoms with Crippen LogP contribution in [-0.2, 0) is 0 Å². The van der Waals surface area contributed by atoms with E-state index in [0.717, 1.165) is 16.9 Å². The molecule has 0 unspecified atom stereocenters. The molecule has 3 aromatic rings. The Hall–Kier alpha value is -3.48. The molecular weight excluding hydrogens is 360 g/mol. The van der Waals surface area contributed by atoms with Crippen molar-refractivity contribution in [3.05, 3.63) is 42.6 Å². The first kappa shape index (κ1) is 19.3. The lowest BCUT2D eigenvalue weighted by Gasteiger charge is -2.15. The first-order valence-electron chi connectivity index (χ1n) is 8.57. The molecule has 7 nitrogen and oxygen atoms in total. The highest BCUT2D eigenvalue weighted by molar-refractivity contribution is 5.90. The van der Waals surface area contributed by atoms with Crippen molar-refractivity contribution in [1.82, 2.24) is 9.78 Å². The van der Waals surface area contributed by atoms with Gasteiger partial charge in [0.2, 0.25) is 11.7 Å². The van der Waals surface area contributed by atoms with Crippen molar-refractivity contribution in [2.45, 2.75) is 6.92 Å². The summed E-state index contributed by atoms with van der Waals surface area (Å²) >= 11 is 0. The fourth-order valence-corrected chi connectivity index (χ4v) is 3.06. The van der Waals surface area contributed by atoms with E-state index in [1.54, 1.807) is 46.8 Å². The van der Waals surface area contributed by atoms with E-state index in [1.807, 2.05) is 24.3 Å². The number of carbonyl (C=O) groups excluding carboxylic acids is 1. The van der Waals surface area contributed by atoms with Gasteiger partial charge in [0.05, 0.1) is 40.3 Å². The molecule has 0 aliphatic rings. The van der Waals surface area contributed by atoms with Gasteiger partial charge in [0, 0.05) is 18.1 Å². The molecule has 3 rings (SSSR count). The predicted molar refractivity (Wildman–Crippen MR) is 106 cm³/mol. The van der Waals surface area contributed by atoms with Gasteiger partial charge in [-0.15, -0.1) is 0 Å². The van der Waals surface area contributed by atoms with E-state index in [1.165, 1.54) is 11.6 Å². The van der Waals surface area contributed by atoms with Crippen LogP contribution in [0.3, 0.4) is 0 Å². The highest BCUT2D eigenvalue weighted by atomic mass is 16.5. The van der Waals surface area contributed by atoms with E-state index in [2.05, 4.69) is 5.10 Å². The molecule has 0 fully saturated rings. The summed E-state index contributed by atoms with van der Waals surface area (Å²) in [6.07, 6.45) is 1.67. The van der Waals surface area contributed by atoms with Crippen molar-refractivity contribution in [3.63, 3.8) is 0 Å². The zero-order chi connectivity index (χ0) is 20.3. The Morgan fingerprint density at radius 1 is 0.857 bits per heavy atom. The molecule has 0 radical (unpaired) electrons. The average Bonchev–Trinajstić information content (AvgIpc) is 3.18. The van der Waals surface area contributed by atoms with E-state index < -0.39 is 0 Å². The van der Waals surface area contributed by atoms with Gasteiger partial charge in [-0.2, -0.15) is 9.78 Å². The number of hydrogen-bond donors (Lipinski definition) is 0. The van der Waals surface area contributed by atoms with Crippen LogP contribution >= 0.6 is 0 Å². The lowest BCUT2D eigenvalue weighted by molar-refractivity contribution is 0.0923. The maximum Gasteiger partial charge on any atom is 0.244 e. The van der Waals surface area contributed by atoms with E-state index >= 15 is 0 Å². The third-order valence-corrected chi connectivity index (χ3v) is 4.41. The molecule has 0 saturated heterocycles. The summed E-state index contributed by atoms with van der Waals surface area (Å²) in [6.45, 7) is 1.46. The van der Waals surface area contributed by atoms with Crippen molar-refractivity contribution < 1.29 is 23.7 Å². The van der Waals surface area contributed by atoms with Gasteiger partial charge in [-0.3, -0.25) is 4.79 Å². The van der Waals surface area contributed by atoms with Crippen LogP contribution < -0.4 is 18.9 Å². The number of benzene rings is 2. The zero-order valence-electron chi connectivity index (χ0n) is 16.5. The second kappa shape index (κ2) is 8.04. The Kier molecular flexibility index (Phi) is 5.54. The van der Waals surface area contributed by atoms with Gasteiger partial charge in [0.15, 0.2) is 11.5 Å². The van der Waals surface area contributed by atoms with Crippen molar-refractivity contribution >= 4 is 5.91 Å². The standard InChI is InChI=1S/C21H22N2O5/c1-13(24)23-20(15-10-18(26-3)21(28-5)19(11-15)27-4)17(12-22-23)14-6-8-16(25-2)9-7-14/h6-12H,1-5H3. The molecule has 0 bridgehead atoms. The SMILES string of the molecule is COc1ccc(-c2cnn(C(C)=O)c2-c2cc(OC)c(OC)c(OC)c2)cc1. The first-order chi connectivity index (χ1) is 13.5. The second-order valence-electron chi connectivity index (χ2n) is 5.98. The van der Waals surface area contributed by atoms with Gasteiger partial charge in [0.25, 0.3) is 0 Å². The average molecular weight is 382 g/mol. The van der Waals surface area contributed by atoms with Gasteiger partial charge in [0.1, 0.15) is 5.75 Å². The van der Waals surface area contributed by atoms with Gasteiger partial charge >= 0.3 is 0 Å². The molecule has 0 atom stereocenters. The van der Waals surface area contributed by atoms with Gasteiger partial charge in [-0.25, -0.2) is 0 Å². The van der Waals surface area contributed by atoms with E-state index in [9.17, 15) is 4.79 Å². The van der Waals surface area contributed by atoms with Crippen LogP contribution in [0.1, 0.15) is 11.7 Å². The Labute approximate surface area is 163 Å². The van der Waals surface area contributed by atoms with Crippen LogP contribution in [0.2, 0.25) is 0 Å². The van der Waals surface area contributed by atoms with E-state index in [0.29, 0.717) is 28.5 Å². The van der Waals surface area contributed by atoms with Crippen LogP contribution in [0.25, 0.3) is 22.4 Å². The number of rotatable bonds is 6. The van der Waals surface area contributed by atoms with Crippen LogP contribution in [-0.4, -0.2) is 44.1 Å². The molecule has 0 amide bonds. The number of methoxy groups -OCH3 is 4. The van der Waals surface area contributed by atoms with Crippen molar-refractivity contribution in [3.8, 4) is 45.4 Å². The number of ether oxygens (including phenoxy) is 4. The monoisotopic (exact) mass is 382 g/mol. The summed E-state index contributed by atoms with van der Waals surface area (Å²) in [6, 6.07) is 11.2. The molecule has 146 valence electrons. The second-order valence-corrected chi connectivity index (χ2v) is 5.98. The first-order valence-corrected chi connectivity index (χ1v) is 8.57. The van der Waals surface area contributed by atoms with E-state index in [4.69, 9.17) is 18.9 Å².